The van der Waals surface area contributed by atoms with E-state index in [9.17, 15) is 9.59 Å². The molecule has 1 aromatic heterocycles. The van der Waals surface area contributed by atoms with Crippen LogP contribution >= 0.6 is 0 Å². The molecule has 1 atom stereocenters. The third-order valence-electron chi connectivity index (χ3n) is 6.88. The van der Waals surface area contributed by atoms with Gasteiger partial charge in [0.25, 0.3) is 5.91 Å². The first kappa shape index (κ1) is 24.2. The lowest BCUT2D eigenvalue weighted by molar-refractivity contribution is -0.141. The number of carbonyl (C=O) groups excluding carboxylic acids is 2. The normalized spacial score (nSPS) is 17.4. The number of hydrogen-bond donors (Lipinski definition) is 1. The predicted molar refractivity (Wildman–Crippen MR) is 138 cm³/mol. The van der Waals surface area contributed by atoms with Crippen molar-refractivity contribution in [2.75, 3.05) is 13.1 Å². The van der Waals surface area contributed by atoms with E-state index in [2.05, 4.69) is 23.5 Å². The van der Waals surface area contributed by atoms with Gasteiger partial charge in [-0.3, -0.25) is 9.59 Å². The van der Waals surface area contributed by atoms with Gasteiger partial charge in [-0.25, -0.2) is 0 Å². The summed E-state index contributed by atoms with van der Waals surface area (Å²) in [6, 6.07) is 19.6. The number of nitrogens with one attached hydrogen (secondary N) is 1. The average molecular weight is 487 g/mol. The first-order valence-electron chi connectivity index (χ1n) is 12.8. The van der Waals surface area contributed by atoms with Gasteiger partial charge in [-0.05, 0) is 66.1 Å². The van der Waals surface area contributed by atoms with Crippen LogP contribution in [0.3, 0.4) is 0 Å². The SMILES string of the molecule is CC(C)(C)C(=O)N1CCc2ccc(OCc3ccc(C(=O)NCC4CC4)o3)cc2C1c1ccccc1. The van der Waals surface area contributed by atoms with Crippen molar-refractivity contribution in [2.24, 2.45) is 11.3 Å². The molecule has 0 spiro atoms. The fraction of sp³-hybridized carbons (Fsp3) is 0.400. The van der Waals surface area contributed by atoms with Crippen LogP contribution in [-0.4, -0.2) is 29.8 Å². The van der Waals surface area contributed by atoms with E-state index in [1.54, 1.807) is 12.1 Å². The quantitative estimate of drug-likeness (QED) is 0.477. The Morgan fingerprint density at radius 3 is 2.56 bits per heavy atom. The average Bonchev–Trinajstić information content (AvgIpc) is 3.59. The van der Waals surface area contributed by atoms with E-state index >= 15 is 0 Å². The Hall–Kier alpha value is -3.54. The van der Waals surface area contributed by atoms with Crippen LogP contribution in [0.15, 0.2) is 65.1 Å². The minimum absolute atomic E-state index is 0.136. The summed E-state index contributed by atoms with van der Waals surface area (Å²) in [5.74, 6) is 2.17. The molecule has 1 unspecified atom stereocenters. The fourth-order valence-electron chi connectivity index (χ4n) is 4.71. The van der Waals surface area contributed by atoms with Gasteiger partial charge in [0.2, 0.25) is 5.91 Å². The van der Waals surface area contributed by atoms with E-state index in [0.29, 0.717) is 36.3 Å². The van der Waals surface area contributed by atoms with Crippen molar-refractivity contribution in [1.29, 1.82) is 0 Å². The smallest absolute Gasteiger partial charge is 0.287 e. The molecule has 2 heterocycles. The molecule has 36 heavy (non-hydrogen) atoms. The van der Waals surface area contributed by atoms with Crippen molar-refractivity contribution in [2.45, 2.75) is 52.7 Å². The molecule has 0 radical (unpaired) electrons. The lowest BCUT2D eigenvalue weighted by atomic mass is 9.85. The minimum atomic E-state index is -0.472. The zero-order chi connectivity index (χ0) is 25.3. The van der Waals surface area contributed by atoms with Crippen molar-refractivity contribution in [3.05, 3.63) is 88.9 Å². The molecule has 1 N–H and O–H groups in total. The largest absolute Gasteiger partial charge is 0.486 e. The fourth-order valence-corrected chi connectivity index (χ4v) is 4.71. The number of fused-ring (bicyclic) bond motifs is 1. The molecular weight excluding hydrogens is 452 g/mol. The monoisotopic (exact) mass is 486 g/mol. The number of furan rings is 1. The van der Waals surface area contributed by atoms with Crippen molar-refractivity contribution in [3.63, 3.8) is 0 Å². The van der Waals surface area contributed by atoms with Crippen molar-refractivity contribution < 1.29 is 18.7 Å². The Kier molecular flexibility index (Phi) is 6.61. The zero-order valence-electron chi connectivity index (χ0n) is 21.3. The standard InChI is InChI=1S/C30H34N2O4/c1-30(2,3)29(34)32-16-15-21-11-12-23(17-25(21)27(32)22-7-5-4-6-8-22)35-19-24-13-14-26(36-24)28(33)31-18-20-9-10-20/h4-8,11-14,17,20,27H,9-10,15-16,18-19H2,1-3H3,(H,31,33). The molecule has 2 aliphatic rings. The number of hydrogen-bond acceptors (Lipinski definition) is 4. The van der Waals surface area contributed by atoms with Crippen LogP contribution in [0, 0.1) is 11.3 Å². The van der Waals surface area contributed by atoms with Crippen molar-refractivity contribution in [1.82, 2.24) is 10.2 Å². The molecule has 1 aliphatic carbocycles. The first-order valence-corrected chi connectivity index (χ1v) is 12.8. The summed E-state index contributed by atoms with van der Waals surface area (Å²) in [6.07, 6.45) is 3.18. The van der Waals surface area contributed by atoms with Gasteiger partial charge < -0.3 is 19.4 Å². The summed E-state index contributed by atoms with van der Waals surface area (Å²) in [4.78, 5) is 27.7. The second-order valence-electron chi connectivity index (χ2n) is 10.9. The molecule has 1 aliphatic heterocycles. The van der Waals surface area contributed by atoms with E-state index in [-0.39, 0.29) is 24.5 Å². The van der Waals surface area contributed by atoms with Gasteiger partial charge in [-0.1, -0.05) is 57.2 Å². The second kappa shape index (κ2) is 9.84. The molecular formula is C30H34N2O4. The van der Waals surface area contributed by atoms with Crippen LogP contribution < -0.4 is 10.1 Å². The van der Waals surface area contributed by atoms with Gasteiger partial charge in [0.1, 0.15) is 18.1 Å². The summed E-state index contributed by atoms with van der Waals surface area (Å²) in [7, 11) is 0. The van der Waals surface area contributed by atoms with Crippen LogP contribution in [0.25, 0.3) is 0 Å². The highest BCUT2D eigenvalue weighted by molar-refractivity contribution is 5.91. The van der Waals surface area contributed by atoms with Crippen molar-refractivity contribution >= 4 is 11.8 Å². The van der Waals surface area contributed by atoms with E-state index in [1.165, 1.54) is 18.4 Å². The Morgan fingerprint density at radius 1 is 1.06 bits per heavy atom. The number of amides is 2. The third-order valence-corrected chi connectivity index (χ3v) is 6.88. The maximum atomic E-state index is 13.4. The number of carbonyl (C=O) groups is 2. The van der Waals surface area contributed by atoms with Gasteiger partial charge in [0.05, 0.1) is 6.04 Å². The van der Waals surface area contributed by atoms with Crippen LogP contribution in [-0.2, 0) is 17.8 Å². The Bertz CT molecular complexity index is 1240. The van der Waals surface area contributed by atoms with Gasteiger partial charge in [-0.2, -0.15) is 0 Å². The molecule has 2 aromatic carbocycles. The topological polar surface area (TPSA) is 71.8 Å². The highest BCUT2D eigenvalue weighted by Gasteiger charge is 2.37. The lowest BCUT2D eigenvalue weighted by Crippen LogP contribution is -2.45. The van der Waals surface area contributed by atoms with E-state index in [1.807, 2.05) is 56.0 Å². The summed E-state index contributed by atoms with van der Waals surface area (Å²) in [6.45, 7) is 7.51. The molecule has 188 valence electrons. The van der Waals surface area contributed by atoms with Crippen LogP contribution in [0.4, 0.5) is 0 Å². The van der Waals surface area contributed by atoms with Crippen LogP contribution in [0.5, 0.6) is 5.75 Å². The zero-order valence-corrected chi connectivity index (χ0v) is 21.3. The van der Waals surface area contributed by atoms with E-state index < -0.39 is 5.41 Å². The molecule has 2 amide bonds. The molecule has 0 saturated heterocycles. The molecule has 6 nitrogen and oxygen atoms in total. The van der Waals surface area contributed by atoms with Gasteiger partial charge in [-0.15, -0.1) is 0 Å². The molecule has 6 heteroatoms. The summed E-state index contributed by atoms with van der Waals surface area (Å²) < 4.78 is 11.8. The maximum Gasteiger partial charge on any atom is 0.287 e. The number of ether oxygens (including phenoxy) is 1. The highest BCUT2D eigenvalue weighted by Crippen LogP contribution is 2.39. The van der Waals surface area contributed by atoms with E-state index in [4.69, 9.17) is 9.15 Å². The van der Waals surface area contributed by atoms with E-state index in [0.717, 1.165) is 17.5 Å². The van der Waals surface area contributed by atoms with Crippen molar-refractivity contribution in [3.8, 4) is 5.75 Å². The maximum absolute atomic E-state index is 13.4. The highest BCUT2D eigenvalue weighted by atomic mass is 16.5. The summed E-state index contributed by atoms with van der Waals surface area (Å²) in [5, 5.41) is 2.92. The minimum Gasteiger partial charge on any atom is -0.486 e. The third kappa shape index (κ3) is 5.32. The molecule has 1 saturated carbocycles. The Morgan fingerprint density at radius 2 is 1.83 bits per heavy atom. The summed E-state index contributed by atoms with van der Waals surface area (Å²) in [5.41, 5.74) is 2.92. The number of rotatable bonds is 7. The first-order chi connectivity index (χ1) is 17.3. The molecule has 1 fully saturated rings. The molecule has 3 aromatic rings. The van der Waals surface area contributed by atoms with Crippen LogP contribution in [0.1, 0.15) is 72.7 Å². The predicted octanol–water partition coefficient (Wildman–Crippen LogP) is 5.52. The van der Waals surface area contributed by atoms with Crippen LogP contribution in [0.2, 0.25) is 0 Å². The lowest BCUT2D eigenvalue weighted by Gasteiger charge is -2.41. The van der Waals surface area contributed by atoms with Gasteiger partial charge >= 0.3 is 0 Å². The second-order valence-corrected chi connectivity index (χ2v) is 10.9. The summed E-state index contributed by atoms with van der Waals surface area (Å²) >= 11 is 0. The Balaban J connectivity index is 1.34. The van der Waals surface area contributed by atoms with Gasteiger partial charge in [0, 0.05) is 18.5 Å². The molecule has 5 rings (SSSR count). The number of nitrogens with zero attached hydrogens (tertiary/aromatic N) is 1. The number of benzene rings is 2. The van der Waals surface area contributed by atoms with Gasteiger partial charge in [0.15, 0.2) is 5.76 Å². The molecule has 0 bridgehead atoms. The Labute approximate surface area is 212 Å².